The van der Waals surface area contributed by atoms with E-state index in [0.29, 0.717) is 18.0 Å². The number of benzene rings is 1. The van der Waals surface area contributed by atoms with Gasteiger partial charge in [-0.1, -0.05) is 51.4 Å². The molecule has 0 saturated carbocycles. The van der Waals surface area contributed by atoms with Crippen molar-refractivity contribution in [3.05, 3.63) is 34.9 Å². The number of rotatable bonds is 17. The topological polar surface area (TPSA) is 163 Å². The lowest BCUT2D eigenvalue weighted by molar-refractivity contribution is -0.137. The van der Waals surface area contributed by atoms with Gasteiger partial charge in [-0.25, -0.2) is 4.79 Å². The van der Waals surface area contributed by atoms with Crippen molar-refractivity contribution in [2.45, 2.75) is 71.5 Å². The summed E-state index contributed by atoms with van der Waals surface area (Å²) in [6, 6.07) is 3.99. The van der Waals surface area contributed by atoms with Crippen LogP contribution in [-0.4, -0.2) is 71.9 Å². The number of hydrogen-bond donors (Lipinski definition) is 6. The number of carboxylic acids is 1. The summed E-state index contributed by atoms with van der Waals surface area (Å²) < 4.78 is 5.05. The van der Waals surface area contributed by atoms with Gasteiger partial charge in [0, 0.05) is 23.7 Å². The SMILES string of the molecule is CC(C)COC(=O)N[C@@H](CCC(=O)O)C(=O)N[C@@H](CC(C)C)C(=O)N[C@@H](CS)C(=O)NCCc1ccc(Cl)cc1. The number of amides is 4. The first kappa shape index (κ1) is 35.0. The van der Waals surface area contributed by atoms with Gasteiger partial charge in [-0.05, 0) is 48.8 Å². The van der Waals surface area contributed by atoms with Gasteiger partial charge in [-0.15, -0.1) is 0 Å². The molecule has 1 rings (SSSR count). The van der Waals surface area contributed by atoms with Crippen molar-refractivity contribution >= 4 is 54.0 Å². The minimum absolute atomic E-state index is 0.0138. The number of nitrogens with one attached hydrogen (secondary N) is 4. The normalized spacial score (nSPS) is 13.2. The number of halogens is 1. The molecule has 0 radical (unpaired) electrons. The van der Waals surface area contributed by atoms with E-state index in [1.807, 2.05) is 39.8 Å². The third-order valence-electron chi connectivity index (χ3n) is 5.59. The molecule has 0 heterocycles. The Kier molecular flexibility index (Phi) is 16.1. The molecule has 11 nitrogen and oxygen atoms in total. The molecular weight excluding hydrogens is 560 g/mol. The van der Waals surface area contributed by atoms with Crippen LogP contribution in [0, 0.1) is 11.8 Å². The standard InChI is InChI=1S/C27H41ClN4O7S/c1-16(2)13-21(30-25(36)20(9-10-23(33)34)32-27(38)39-14-17(3)4)26(37)31-22(15-40)24(35)29-12-11-18-5-7-19(28)8-6-18/h5-8,16-17,20-22,40H,9-15H2,1-4H3,(H,29,35)(H,30,36)(H,31,37)(H,32,38)(H,33,34)/t20-,21-,22-/m0/s1. The molecule has 0 aliphatic carbocycles. The van der Waals surface area contributed by atoms with Gasteiger partial charge >= 0.3 is 12.1 Å². The lowest BCUT2D eigenvalue weighted by atomic mass is 10.0. The number of thiol groups is 1. The maximum atomic E-state index is 13.1. The van der Waals surface area contributed by atoms with Crippen LogP contribution in [0.25, 0.3) is 0 Å². The fourth-order valence-corrected chi connectivity index (χ4v) is 3.89. The van der Waals surface area contributed by atoms with E-state index >= 15 is 0 Å². The largest absolute Gasteiger partial charge is 0.481 e. The van der Waals surface area contributed by atoms with E-state index in [-0.39, 0.29) is 43.5 Å². The molecule has 5 N–H and O–H groups in total. The fraction of sp³-hybridized carbons (Fsp3) is 0.593. The molecule has 4 amide bonds. The van der Waals surface area contributed by atoms with E-state index in [2.05, 4.69) is 33.9 Å². The molecule has 0 saturated heterocycles. The van der Waals surface area contributed by atoms with Crippen LogP contribution in [0.1, 0.15) is 52.5 Å². The van der Waals surface area contributed by atoms with Crippen LogP contribution < -0.4 is 21.3 Å². The van der Waals surface area contributed by atoms with Crippen molar-refractivity contribution in [3.8, 4) is 0 Å². The predicted octanol–water partition coefficient (Wildman–Crippen LogP) is 2.56. The fourth-order valence-electron chi connectivity index (χ4n) is 3.51. The Labute approximate surface area is 245 Å². The Morgan fingerprint density at radius 3 is 2.02 bits per heavy atom. The lowest BCUT2D eigenvalue weighted by Crippen LogP contribution is -2.57. The van der Waals surface area contributed by atoms with Crippen LogP contribution in [0.3, 0.4) is 0 Å². The van der Waals surface area contributed by atoms with Gasteiger partial charge in [0.15, 0.2) is 0 Å². The van der Waals surface area contributed by atoms with Crippen molar-refractivity contribution in [1.29, 1.82) is 0 Å². The Balaban J connectivity index is 2.84. The zero-order valence-electron chi connectivity index (χ0n) is 23.4. The molecule has 0 aromatic heterocycles. The second-order valence-electron chi connectivity index (χ2n) is 10.2. The van der Waals surface area contributed by atoms with Gasteiger partial charge in [0.2, 0.25) is 17.7 Å². The van der Waals surface area contributed by atoms with Gasteiger partial charge in [-0.2, -0.15) is 12.6 Å². The zero-order chi connectivity index (χ0) is 30.2. The number of aliphatic carboxylic acids is 1. The summed E-state index contributed by atoms with van der Waals surface area (Å²) in [5.74, 6) is -2.85. The molecule has 40 heavy (non-hydrogen) atoms. The molecule has 0 fully saturated rings. The van der Waals surface area contributed by atoms with Crippen molar-refractivity contribution in [1.82, 2.24) is 21.3 Å². The monoisotopic (exact) mass is 600 g/mol. The number of carboxylic acid groups (broad SMARTS) is 1. The molecular formula is C27H41ClN4O7S. The Hall–Kier alpha value is -2.99. The summed E-state index contributed by atoms with van der Waals surface area (Å²) >= 11 is 10.1. The van der Waals surface area contributed by atoms with Crippen LogP contribution in [0.15, 0.2) is 24.3 Å². The van der Waals surface area contributed by atoms with Crippen molar-refractivity contribution in [3.63, 3.8) is 0 Å². The third-order valence-corrected chi connectivity index (χ3v) is 6.20. The molecule has 224 valence electrons. The Bertz CT molecular complexity index is 992. The molecule has 0 unspecified atom stereocenters. The van der Waals surface area contributed by atoms with Crippen LogP contribution in [0.5, 0.6) is 0 Å². The average molecular weight is 601 g/mol. The van der Waals surface area contributed by atoms with Crippen molar-refractivity contribution in [2.24, 2.45) is 11.8 Å². The highest BCUT2D eigenvalue weighted by molar-refractivity contribution is 7.80. The van der Waals surface area contributed by atoms with E-state index in [1.54, 1.807) is 12.1 Å². The highest BCUT2D eigenvalue weighted by Gasteiger charge is 2.30. The summed E-state index contributed by atoms with van der Waals surface area (Å²) in [7, 11) is 0. The van der Waals surface area contributed by atoms with E-state index in [9.17, 15) is 24.0 Å². The smallest absolute Gasteiger partial charge is 0.407 e. The van der Waals surface area contributed by atoms with Crippen molar-refractivity contribution < 1.29 is 33.8 Å². The summed E-state index contributed by atoms with van der Waals surface area (Å²) in [5, 5.41) is 20.1. The molecule has 3 atom stereocenters. The number of alkyl carbamates (subject to hydrolysis) is 1. The molecule has 0 spiro atoms. The molecule has 0 aliphatic rings. The lowest BCUT2D eigenvalue weighted by Gasteiger charge is -2.25. The number of carbonyl (C=O) groups excluding carboxylic acids is 4. The minimum Gasteiger partial charge on any atom is -0.481 e. The molecule has 0 bridgehead atoms. The van der Waals surface area contributed by atoms with Gasteiger partial charge in [0.05, 0.1) is 6.61 Å². The number of carbonyl (C=O) groups is 5. The first-order chi connectivity index (χ1) is 18.8. The van der Waals surface area contributed by atoms with Gasteiger partial charge < -0.3 is 31.1 Å². The highest BCUT2D eigenvalue weighted by Crippen LogP contribution is 2.10. The summed E-state index contributed by atoms with van der Waals surface area (Å²) in [4.78, 5) is 62.2. The minimum atomic E-state index is -1.24. The third kappa shape index (κ3) is 14.4. The highest BCUT2D eigenvalue weighted by atomic mass is 35.5. The van der Waals surface area contributed by atoms with Crippen molar-refractivity contribution in [2.75, 3.05) is 18.9 Å². The van der Waals surface area contributed by atoms with E-state index in [1.165, 1.54) is 0 Å². The quantitative estimate of drug-likeness (QED) is 0.150. The first-order valence-corrected chi connectivity index (χ1v) is 14.2. The maximum absolute atomic E-state index is 13.1. The van der Waals surface area contributed by atoms with Crippen LogP contribution in [-0.2, 0) is 30.3 Å². The van der Waals surface area contributed by atoms with Crippen LogP contribution in [0.2, 0.25) is 5.02 Å². The Morgan fingerprint density at radius 1 is 0.875 bits per heavy atom. The summed E-state index contributed by atoms with van der Waals surface area (Å²) in [6.45, 7) is 7.84. The maximum Gasteiger partial charge on any atom is 0.407 e. The van der Waals surface area contributed by atoms with E-state index in [4.69, 9.17) is 21.4 Å². The molecule has 0 aliphatic heterocycles. The predicted molar refractivity (Wildman–Crippen MR) is 155 cm³/mol. The summed E-state index contributed by atoms with van der Waals surface area (Å²) in [6.07, 6.45) is -0.662. The second kappa shape index (κ2) is 18.4. The zero-order valence-corrected chi connectivity index (χ0v) is 25.0. The first-order valence-electron chi connectivity index (χ1n) is 13.2. The van der Waals surface area contributed by atoms with Gasteiger partial charge in [-0.3, -0.25) is 19.2 Å². The average Bonchev–Trinajstić information content (AvgIpc) is 2.88. The summed E-state index contributed by atoms with van der Waals surface area (Å²) in [5.41, 5.74) is 0.981. The van der Waals surface area contributed by atoms with Crippen LogP contribution >= 0.6 is 24.2 Å². The van der Waals surface area contributed by atoms with Gasteiger partial charge in [0.25, 0.3) is 0 Å². The van der Waals surface area contributed by atoms with E-state index < -0.39 is 47.9 Å². The van der Waals surface area contributed by atoms with E-state index in [0.717, 1.165) is 5.56 Å². The number of hydrogen-bond acceptors (Lipinski definition) is 7. The second-order valence-corrected chi connectivity index (χ2v) is 11.0. The van der Waals surface area contributed by atoms with Gasteiger partial charge in [0.1, 0.15) is 18.1 Å². The molecule has 13 heteroatoms. The number of ether oxygens (including phenoxy) is 1. The molecule has 1 aromatic carbocycles. The molecule has 1 aromatic rings. The Morgan fingerprint density at radius 2 is 1.48 bits per heavy atom. The van der Waals surface area contributed by atoms with Crippen LogP contribution in [0.4, 0.5) is 4.79 Å².